The highest BCUT2D eigenvalue weighted by atomic mass is 35.5. The smallest absolute Gasteiger partial charge is 0.0960 e. The Morgan fingerprint density at radius 2 is 1.82 bits per heavy atom. The molecule has 0 saturated carbocycles. The van der Waals surface area contributed by atoms with Crippen molar-refractivity contribution in [2.45, 2.75) is 64.2 Å². The van der Waals surface area contributed by atoms with E-state index in [0.29, 0.717) is 0 Å². The van der Waals surface area contributed by atoms with Crippen LogP contribution in [0.3, 0.4) is 0 Å². The number of aryl methyl sites for hydroxylation is 1. The minimum atomic E-state index is 0.150. The topological polar surface area (TPSA) is 0 Å². The first kappa shape index (κ1) is 15.3. The van der Waals surface area contributed by atoms with Crippen LogP contribution in [0.4, 0.5) is 0 Å². The lowest BCUT2D eigenvalue weighted by atomic mass is 10.1. The molecule has 1 atom stereocenters. The Morgan fingerprint density at radius 1 is 1.18 bits per heavy atom. The molecule has 17 heavy (non-hydrogen) atoms. The average Bonchev–Trinajstić information content (AvgIpc) is 2.64. The van der Waals surface area contributed by atoms with Crippen molar-refractivity contribution in [2.24, 2.45) is 0 Å². The molecule has 0 aromatic carbocycles. The summed E-state index contributed by atoms with van der Waals surface area (Å²) in [5.74, 6) is 0. The zero-order valence-corrected chi connectivity index (χ0v) is 13.1. The van der Waals surface area contributed by atoms with E-state index in [0.717, 1.165) is 16.3 Å². The minimum absolute atomic E-state index is 0.150. The first-order valence-corrected chi connectivity index (χ1v) is 8.18. The summed E-state index contributed by atoms with van der Waals surface area (Å²) in [4.78, 5) is 1.22. The highest BCUT2D eigenvalue weighted by Gasteiger charge is 2.12. The number of hydrogen-bond acceptors (Lipinski definition) is 1. The number of rotatable bonds is 8. The molecule has 1 aromatic heterocycles. The van der Waals surface area contributed by atoms with Crippen molar-refractivity contribution >= 4 is 34.5 Å². The maximum absolute atomic E-state index is 6.38. The molecule has 0 saturated heterocycles. The van der Waals surface area contributed by atoms with Crippen LogP contribution in [0, 0.1) is 6.92 Å². The van der Waals surface area contributed by atoms with E-state index in [4.69, 9.17) is 23.2 Å². The number of hydrogen-bond donors (Lipinski definition) is 0. The highest BCUT2D eigenvalue weighted by molar-refractivity contribution is 7.16. The summed E-state index contributed by atoms with van der Waals surface area (Å²) in [5.41, 5.74) is 1.15. The van der Waals surface area contributed by atoms with Crippen LogP contribution >= 0.6 is 34.5 Å². The molecule has 1 aromatic rings. The third kappa shape index (κ3) is 5.63. The summed E-state index contributed by atoms with van der Waals surface area (Å²) < 4.78 is 0.883. The average molecular weight is 293 g/mol. The van der Waals surface area contributed by atoms with Gasteiger partial charge in [-0.1, -0.05) is 57.0 Å². The van der Waals surface area contributed by atoms with Gasteiger partial charge in [-0.3, -0.25) is 0 Å². The first-order valence-electron chi connectivity index (χ1n) is 6.55. The number of thiophene rings is 1. The molecule has 98 valence electrons. The van der Waals surface area contributed by atoms with Gasteiger partial charge in [-0.25, -0.2) is 0 Å². The molecule has 0 amide bonds. The SMILES string of the molecule is CCCCCCCCC(Cl)c1cc(C)c(Cl)s1. The number of halogens is 2. The van der Waals surface area contributed by atoms with Gasteiger partial charge >= 0.3 is 0 Å². The van der Waals surface area contributed by atoms with Gasteiger partial charge in [-0.2, -0.15) is 0 Å². The second-order valence-electron chi connectivity index (χ2n) is 4.63. The van der Waals surface area contributed by atoms with Gasteiger partial charge < -0.3 is 0 Å². The maximum atomic E-state index is 6.38. The van der Waals surface area contributed by atoms with Gasteiger partial charge in [0.25, 0.3) is 0 Å². The van der Waals surface area contributed by atoms with Crippen LogP contribution in [-0.2, 0) is 0 Å². The monoisotopic (exact) mass is 292 g/mol. The summed E-state index contributed by atoms with van der Waals surface area (Å²) in [6.07, 6.45) is 9.00. The van der Waals surface area contributed by atoms with Crippen molar-refractivity contribution in [3.05, 3.63) is 20.8 Å². The molecular formula is C14H22Cl2S. The molecule has 0 fully saturated rings. The van der Waals surface area contributed by atoms with Crippen LogP contribution in [0.2, 0.25) is 4.34 Å². The van der Waals surface area contributed by atoms with Gasteiger partial charge in [0.15, 0.2) is 0 Å². The van der Waals surface area contributed by atoms with Gasteiger partial charge in [0, 0.05) is 4.88 Å². The summed E-state index contributed by atoms with van der Waals surface area (Å²) in [6, 6.07) is 2.13. The van der Waals surface area contributed by atoms with Gasteiger partial charge in [-0.05, 0) is 25.0 Å². The molecule has 0 aliphatic rings. The lowest BCUT2D eigenvalue weighted by Crippen LogP contribution is -1.87. The Balaban J connectivity index is 2.19. The van der Waals surface area contributed by atoms with Crippen molar-refractivity contribution in [1.29, 1.82) is 0 Å². The van der Waals surface area contributed by atoms with Gasteiger partial charge in [0.05, 0.1) is 9.71 Å². The molecule has 1 heterocycles. The van der Waals surface area contributed by atoms with E-state index in [-0.39, 0.29) is 5.38 Å². The predicted molar refractivity (Wildman–Crippen MR) is 80.7 cm³/mol. The minimum Gasteiger partial charge on any atom is -0.127 e. The van der Waals surface area contributed by atoms with E-state index in [1.807, 2.05) is 6.92 Å². The molecule has 0 aliphatic carbocycles. The fourth-order valence-electron chi connectivity index (χ4n) is 1.88. The molecule has 0 radical (unpaired) electrons. The summed E-state index contributed by atoms with van der Waals surface area (Å²) in [6.45, 7) is 4.29. The summed E-state index contributed by atoms with van der Waals surface area (Å²) in [5, 5.41) is 0.150. The molecule has 1 rings (SSSR count). The van der Waals surface area contributed by atoms with Crippen LogP contribution in [-0.4, -0.2) is 0 Å². The van der Waals surface area contributed by atoms with E-state index in [2.05, 4.69) is 13.0 Å². The van der Waals surface area contributed by atoms with Crippen LogP contribution < -0.4 is 0 Å². The Labute approximate surface area is 119 Å². The van der Waals surface area contributed by atoms with Crippen molar-refractivity contribution in [3.63, 3.8) is 0 Å². The second-order valence-corrected chi connectivity index (χ2v) is 6.84. The van der Waals surface area contributed by atoms with E-state index in [1.54, 1.807) is 11.3 Å². The van der Waals surface area contributed by atoms with Gasteiger partial charge in [-0.15, -0.1) is 22.9 Å². The van der Waals surface area contributed by atoms with Crippen LogP contribution in [0.25, 0.3) is 0 Å². The van der Waals surface area contributed by atoms with Crippen molar-refractivity contribution in [2.75, 3.05) is 0 Å². The molecule has 1 unspecified atom stereocenters. The Kier molecular flexibility index (Phi) is 7.57. The van der Waals surface area contributed by atoms with Gasteiger partial charge in [0.1, 0.15) is 0 Å². The molecule has 0 N–H and O–H groups in total. The van der Waals surface area contributed by atoms with E-state index < -0.39 is 0 Å². The third-order valence-electron chi connectivity index (χ3n) is 3.00. The Morgan fingerprint density at radius 3 is 2.41 bits per heavy atom. The fraction of sp³-hybridized carbons (Fsp3) is 0.714. The highest BCUT2D eigenvalue weighted by Crippen LogP contribution is 2.36. The first-order chi connectivity index (χ1) is 8.15. The molecule has 0 bridgehead atoms. The number of alkyl halides is 1. The summed E-state index contributed by atoms with van der Waals surface area (Å²) in [7, 11) is 0. The maximum Gasteiger partial charge on any atom is 0.0960 e. The normalized spacial score (nSPS) is 12.9. The van der Waals surface area contributed by atoms with Crippen molar-refractivity contribution in [3.8, 4) is 0 Å². The molecule has 0 spiro atoms. The predicted octanol–water partition coefficient (Wildman–Crippen LogP) is 6.74. The fourth-order valence-corrected chi connectivity index (χ4v) is 3.47. The van der Waals surface area contributed by atoms with Gasteiger partial charge in [0.2, 0.25) is 0 Å². The summed E-state index contributed by atoms with van der Waals surface area (Å²) >= 11 is 14.1. The quantitative estimate of drug-likeness (QED) is 0.368. The van der Waals surface area contributed by atoms with E-state index in [9.17, 15) is 0 Å². The van der Waals surface area contributed by atoms with E-state index in [1.165, 1.54) is 43.4 Å². The standard InChI is InChI=1S/C14H22Cl2S/c1-3-4-5-6-7-8-9-12(15)13-10-11(2)14(16)17-13/h10,12H,3-9H2,1-2H3. The van der Waals surface area contributed by atoms with Crippen molar-refractivity contribution < 1.29 is 0 Å². The Hall–Kier alpha value is 0.280. The molecular weight excluding hydrogens is 271 g/mol. The second kappa shape index (κ2) is 8.39. The molecule has 0 aliphatic heterocycles. The molecule has 0 nitrogen and oxygen atoms in total. The lowest BCUT2D eigenvalue weighted by Gasteiger charge is -2.06. The Bertz CT molecular complexity index is 301. The molecule has 3 heteroatoms. The van der Waals surface area contributed by atoms with Crippen LogP contribution in [0.1, 0.15) is 67.7 Å². The zero-order valence-electron chi connectivity index (χ0n) is 10.8. The van der Waals surface area contributed by atoms with Crippen molar-refractivity contribution in [1.82, 2.24) is 0 Å². The van der Waals surface area contributed by atoms with Crippen LogP contribution in [0.15, 0.2) is 6.07 Å². The van der Waals surface area contributed by atoms with E-state index >= 15 is 0 Å². The largest absolute Gasteiger partial charge is 0.127 e. The van der Waals surface area contributed by atoms with Crippen LogP contribution in [0.5, 0.6) is 0 Å². The number of unbranched alkanes of at least 4 members (excludes halogenated alkanes) is 5. The zero-order chi connectivity index (χ0) is 12.7. The lowest BCUT2D eigenvalue weighted by molar-refractivity contribution is 0.586. The third-order valence-corrected chi connectivity index (χ3v) is 5.25.